The van der Waals surface area contributed by atoms with Crippen LogP contribution in [0.5, 0.6) is 5.75 Å². The third-order valence-electron chi connectivity index (χ3n) is 7.33. The number of aromatic nitrogens is 2. The van der Waals surface area contributed by atoms with Crippen molar-refractivity contribution in [1.82, 2.24) is 19.4 Å². The van der Waals surface area contributed by atoms with Crippen molar-refractivity contribution in [3.05, 3.63) is 120 Å². The molecule has 0 radical (unpaired) electrons. The van der Waals surface area contributed by atoms with E-state index in [1.54, 1.807) is 0 Å². The lowest BCUT2D eigenvalue weighted by molar-refractivity contribution is 0.232. The Morgan fingerprint density at radius 1 is 0.763 bits per heavy atom. The maximum absolute atomic E-state index is 6.21. The Kier molecular flexibility index (Phi) is 7.20. The summed E-state index contributed by atoms with van der Waals surface area (Å²) >= 11 is 0. The molecule has 0 atom stereocenters. The van der Waals surface area contributed by atoms with Crippen LogP contribution in [-0.4, -0.2) is 46.1 Å². The molecule has 38 heavy (non-hydrogen) atoms. The van der Waals surface area contributed by atoms with E-state index in [9.17, 15) is 0 Å². The summed E-state index contributed by atoms with van der Waals surface area (Å²) in [6, 6.07) is 32.8. The molecule has 6 rings (SSSR count). The minimum Gasteiger partial charge on any atom is -0.492 e. The first-order valence-electron chi connectivity index (χ1n) is 13.4. The van der Waals surface area contributed by atoms with Gasteiger partial charge in [-0.25, -0.2) is 0 Å². The average Bonchev–Trinajstić information content (AvgIpc) is 3.31. The van der Waals surface area contributed by atoms with Crippen molar-refractivity contribution in [3.63, 3.8) is 0 Å². The normalized spacial score (nSPS) is 15.5. The van der Waals surface area contributed by atoms with Crippen LogP contribution in [0.25, 0.3) is 22.2 Å². The number of benzene rings is 3. The number of nitrogens with zero attached hydrogens (tertiary/aromatic N) is 4. The van der Waals surface area contributed by atoms with Gasteiger partial charge in [0.05, 0.1) is 0 Å². The van der Waals surface area contributed by atoms with Gasteiger partial charge in [-0.05, 0) is 60.1 Å². The van der Waals surface area contributed by atoms with Gasteiger partial charge in [0.25, 0.3) is 0 Å². The molecule has 2 aromatic heterocycles. The van der Waals surface area contributed by atoms with Gasteiger partial charge in [-0.2, -0.15) is 0 Å². The van der Waals surface area contributed by atoms with Gasteiger partial charge in [0.2, 0.25) is 0 Å². The van der Waals surface area contributed by atoms with Gasteiger partial charge in [-0.3, -0.25) is 14.8 Å². The van der Waals surface area contributed by atoms with Crippen LogP contribution >= 0.6 is 0 Å². The Labute approximate surface area is 224 Å². The first kappa shape index (κ1) is 24.4. The van der Waals surface area contributed by atoms with Gasteiger partial charge in [0, 0.05) is 73.8 Å². The molecule has 0 aliphatic carbocycles. The second-order valence-electron chi connectivity index (χ2n) is 10.2. The average molecular weight is 503 g/mol. The Morgan fingerprint density at radius 2 is 1.58 bits per heavy atom. The standard InChI is InChI=1S/C33H34N4O/c1-35-18-19-38-31-10-5-9-29(21-31)33-22-30-8-2-3-11-32(30)37(33)17-16-36(24-26-12-14-34-15-13-26)25-28-7-4-6-27(20-28)23-35/h2-15,20-22H,16-19,23-25H2,1H3. The summed E-state index contributed by atoms with van der Waals surface area (Å²) in [6.07, 6.45) is 3.77. The van der Waals surface area contributed by atoms with Crippen LogP contribution in [0.2, 0.25) is 0 Å². The van der Waals surface area contributed by atoms with E-state index >= 15 is 0 Å². The molecule has 192 valence electrons. The summed E-state index contributed by atoms with van der Waals surface area (Å²) in [4.78, 5) is 9.10. The van der Waals surface area contributed by atoms with Crippen LogP contribution in [0.4, 0.5) is 0 Å². The number of rotatable bonds is 2. The van der Waals surface area contributed by atoms with Crippen molar-refractivity contribution in [2.45, 2.75) is 26.2 Å². The van der Waals surface area contributed by atoms with E-state index in [0.717, 1.165) is 45.0 Å². The number of fused-ring (bicyclic) bond motifs is 8. The Bertz CT molecular complexity index is 1510. The fourth-order valence-electron chi connectivity index (χ4n) is 5.43. The zero-order chi connectivity index (χ0) is 25.7. The molecule has 0 amide bonds. The molecule has 4 bridgehead atoms. The molecule has 5 nitrogen and oxygen atoms in total. The number of pyridine rings is 1. The molecule has 0 saturated heterocycles. The molecule has 0 N–H and O–H groups in total. The highest BCUT2D eigenvalue weighted by Crippen LogP contribution is 2.31. The van der Waals surface area contributed by atoms with E-state index in [0.29, 0.717) is 6.61 Å². The second kappa shape index (κ2) is 11.2. The topological polar surface area (TPSA) is 33.5 Å². The van der Waals surface area contributed by atoms with Crippen LogP contribution in [0.15, 0.2) is 103 Å². The van der Waals surface area contributed by atoms with E-state index in [1.165, 1.54) is 38.9 Å². The van der Waals surface area contributed by atoms with Gasteiger partial charge in [-0.15, -0.1) is 0 Å². The molecular weight excluding hydrogens is 468 g/mol. The molecular formula is C33H34N4O. The lowest BCUT2D eigenvalue weighted by Gasteiger charge is -2.24. The van der Waals surface area contributed by atoms with Crippen LogP contribution in [-0.2, 0) is 26.2 Å². The SMILES string of the molecule is CN1CCOc2cccc(c2)-c2cc3ccccc3n2CCN(Cc2ccncc2)Cc2cccc(c2)C1. The molecule has 1 aliphatic heterocycles. The van der Waals surface area contributed by atoms with E-state index in [4.69, 9.17) is 4.74 Å². The zero-order valence-corrected chi connectivity index (χ0v) is 22.0. The third kappa shape index (κ3) is 5.64. The largest absolute Gasteiger partial charge is 0.492 e. The van der Waals surface area contributed by atoms with Gasteiger partial charge in [0.15, 0.2) is 0 Å². The fraction of sp³-hybridized carbons (Fsp3) is 0.242. The summed E-state index contributed by atoms with van der Waals surface area (Å²) in [5.41, 5.74) is 7.63. The summed E-state index contributed by atoms with van der Waals surface area (Å²) < 4.78 is 8.67. The highest BCUT2D eigenvalue weighted by molar-refractivity contribution is 5.87. The number of ether oxygens (including phenoxy) is 1. The molecule has 1 aliphatic rings. The molecule has 0 unspecified atom stereocenters. The van der Waals surface area contributed by atoms with Gasteiger partial charge >= 0.3 is 0 Å². The van der Waals surface area contributed by atoms with Crippen LogP contribution in [0, 0.1) is 0 Å². The van der Waals surface area contributed by atoms with E-state index < -0.39 is 0 Å². The summed E-state index contributed by atoms with van der Waals surface area (Å²) in [7, 11) is 2.16. The van der Waals surface area contributed by atoms with Crippen molar-refractivity contribution in [2.75, 3.05) is 26.7 Å². The molecule has 3 aromatic carbocycles. The fourth-order valence-corrected chi connectivity index (χ4v) is 5.43. The molecule has 5 aromatic rings. The molecule has 0 spiro atoms. The minimum atomic E-state index is 0.655. The summed E-state index contributed by atoms with van der Waals surface area (Å²) in [6.45, 7) is 6.01. The predicted octanol–water partition coefficient (Wildman–Crippen LogP) is 6.23. The quantitative estimate of drug-likeness (QED) is 0.287. The lowest BCUT2D eigenvalue weighted by Crippen LogP contribution is -2.27. The van der Waals surface area contributed by atoms with Gasteiger partial charge in [0.1, 0.15) is 12.4 Å². The highest BCUT2D eigenvalue weighted by Gasteiger charge is 2.15. The zero-order valence-electron chi connectivity index (χ0n) is 22.0. The highest BCUT2D eigenvalue weighted by atomic mass is 16.5. The summed E-state index contributed by atoms with van der Waals surface area (Å²) in [5, 5.41) is 1.26. The number of hydrogen-bond acceptors (Lipinski definition) is 4. The maximum Gasteiger partial charge on any atom is 0.120 e. The molecule has 0 fully saturated rings. The minimum absolute atomic E-state index is 0.655. The Hall–Kier alpha value is -3.93. The van der Waals surface area contributed by atoms with Crippen molar-refractivity contribution in [2.24, 2.45) is 0 Å². The van der Waals surface area contributed by atoms with Crippen LogP contribution in [0.3, 0.4) is 0 Å². The smallest absolute Gasteiger partial charge is 0.120 e. The van der Waals surface area contributed by atoms with E-state index in [1.807, 2.05) is 12.4 Å². The Morgan fingerprint density at radius 3 is 2.47 bits per heavy atom. The van der Waals surface area contributed by atoms with E-state index in [-0.39, 0.29) is 0 Å². The first-order valence-corrected chi connectivity index (χ1v) is 13.4. The Balaban J connectivity index is 1.40. The lowest BCUT2D eigenvalue weighted by atomic mass is 10.1. The van der Waals surface area contributed by atoms with Gasteiger partial charge < -0.3 is 9.30 Å². The third-order valence-corrected chi connectivity index (χ3v) is 7.33. The van der Waals surface area contributed by atoms with Crippen molar-refractivity contribution < 1.29 is 4.74 Å². The number of para-hydroxylation sites is 1. The van der Waals surface area contributed by atoms with Crippen molar-refractivity contribution >= 4 is 10.9 Å². The molecule has 3 heterocycles. The van der Waals surface area contributed by atoms with Crippen LogP contribution in [0.1, 0.15) is 16.7 Å². The molecule has 5 heteroatoms. The van der Waals surface area contributed by atoms with Gasteiger partial charge in [-0.1, -0.05) is 54.6 Å². The van der Waals surface area contributed by atoms with E-state index in [2.05, 4.69) is 117 Å². The maximum atomic E-state index is 6.21. The van der Waals surface area contributed by atoms with Crippen molar-refractivity contribution in [3.8, 4) is 17.0 Å². The molecule has 0 saturated carbocycles. The monoisotopic (exact) mass is 502 g/mol. The summed E-state index contributed by atoms with van der Waals surface area (Å²) in [5.74, 6) is 0.915. The second-order valence-corrected chi connectivity index (χ2v) is 10.2. The van der Waals surface area contributed by atoms with Crippen molar-refractivity contribution in [1.29, 1.82) is 0 Å². The first-order chi connectivity index (χ1) is 18.7. The number of hydrogen-bond donors (Lipinski definition) is 0. The predicted molar refractivity (Wildman–Crippen MR) is 154 cm³/mol. The van der Waals surface area contributed by atoms with Crippen LogP contribution < -0.4 is 4.74 Å². The number of likely N-dealkylation sites (N-methyl/N-ethyl adjacent to an activating group) is 1.